The zero-order valence-electron chi connectivity index (χ0n) is 99.1. The highest BCUT2D eigenvalue weighted by molar-refractivity contribution is 5.88. The Labute approximate surface area is 893 Å². The lowest BCUT2D eigenvalue weighted by molar-refractivity contribution is -0.164. The number of carboxylic acids is 3. The van der Waals surface area contributed by atoms with Crippen LogP contribution in [0.3, 0.4) is 0 Å². The Morgan fingerprint density at radius 3 is 0.764 bits per heavy atom. The van der Waals surface area contributed by atoms with Crippen LogP contribution >= 0.6 is 0 Å². The lowest BCUT2D eigenvalue weighted by atomic mass is 9.80. The predicted octanol–water partition coefficient (Wildman–Crippen LogP) is 25.5. The highest BCUT2D eigenvalue weighted by atomic mass is 16.6. The van der Waals surface area contributed by atoms with Gasteiger partial charge in [-0.3, -0.25) is 47.9 Å². The number of aliphatic hydroxyl groups is 3. The van der Waals surface area contributed by atoms with Crippen LogP contribution in [0.4, 0.5) is 0 Å². The van der Waals surface area contributed by atoms with Crippen LogP contribution in [0.25, 0.3) is 0 Å². The van der Waals surface area contributed by atoms with Gasteiger partial charge in [0, 0.05) is 16.7 Å². The van der Waals surface area contributed by atoms with Crippen molar-refractivity contribution in [3.05, 3.63) is 108 Å². The monoisotopic (exact) mass is 2100 g/mol. The summed E-state index contributed by atoms with van der Waals surface area (Å²) in [4.78, 5) is 144. The van der Waals surface area contributed by atoms with Gasteiger partial charge < -0.3 is 78.0 Å². The molecule has 856 valence electrons. The molecule has 4 aliphatic rings. The van der Waals surface area contributed by atoms with E-state index in [0.717, 1.165) is 62.7 Å². The number of methoxy groups -OCH3 is 2. The number of carbonyl (C=O) groups is 13. The Balaban J connectivity index is -0.000000377. The summed E-state index contributed by atoms with van der Waals surface area (Å²) in [6, 6.07) is 21.3. The largest absolute Gasteiger partial charge is 0.481 e. The van der Waals surface area contributed by atoms with E-state index in [1.54, 1.807) is 83.1 Å². The summed E-state index contributed by atoms with van der Waals surface area (Å²) in [6.07, 6.45) is 19.7. The molecule has 29 heteroatoms. The first-order valence-corrected chi connectivity index (χ1v) is 53.4. The van der Waals surface area contributed by atoms with Gasteiger partial charge in [0.25, 0.3) is 0 Å². The Kier molecular flexibility index (Phi) is 75.2. The summed E-state index contributed by atoms with van der Waals surface area (Å²) in [5.41, 5.74) is -0.923. The molecule has 0 spiro atoms. The zero-order chi connectivity index (χ0) is 117. The highest BCUT2D eigenvalue weighted by Gasteiger charge is 2.56. The molecule has 0 amide bonds. The third kappa shape index (κ3) is 62.5. The van der Waals surface area contributed by atoms with Crippen molar-refractivity contribution in [2.24, 2.45) is 77.8 Å². The molecule has 0 heterocycles. The fourth-order valence-electron chi connectivity index (χ4n) is 12.1. The normalized spacial score (nSPS) is 16.5. The van der Waals surface area contributed by atoms with E-state index in [1.165, 1.54) is 104 Å². The molecule has 4 fully saturated rings. The number of hydrogen-bond donors (Lipinski definition) is 6. The second kappa shape index (κ2) is 74.6. The van der Waals surface area contributed by atoms with Crippen LogP contribution in [-0.2, 0) is 110 Å². The molecular formula is C119H206O29. The smallest absolute Gasteiger partial charge is 0.333 e. The minimum atomic E-state index is -1.02. The molecule has 29 nitrogen and oxygen atoms in total. The number of aliphatic carboxylic acids is 3. The average molecular weight is 2100 g/mol. The lowest BCUT2D eigenvalue weighted by Gasteiger charge is -2.33. The summed E-state index contributed by atoms with van der Waals surface area (Å²) in [5, 5.41) is 53.8. The number of benzene rings is 2. The first-order valence-electron chi connectivity index (χ1n) is 53.4. The molecule has 148 heavy (non-hydrogen) atoms. The minimum Gasteiger partial charge on any atom is -0.481 e. The molecule has 0 radical (unpaired) electrons. The number of ether oxygens (including phenoxy) is 10. The summed E-state index contributed by atoms with van der Waals surface area (Å²) >= 11 is 0. The molecule has 0 aromatic heterocycles. The topological polar surface area (TPSA) is 436 Å². The van der Waals surface area contributed by atoms with Gasteiger partial charge >= 0.3 is 77.6 Å². The van der Waals surface area contributed by atoms with Gasteiger partial charge in [-0.05, 0) is 334 Å². The van der Waals surface area contributed by atoms with Crippen molar-refractivity contribution < 1.29 is 140 Å². The van der Waals surface area contributed by atoms with E-state index in [1.807, 2.05) is 118 Å². The van der Waals surface area contributed by atoms with Crippen molar-refractivity contribution in [3.8, 4) is 0 Å². The van der Waals surface area contributed by atoms with Crippen LogP contribution in [-0.4, -0.2) is 193 Å². The third-order valence-corrected chi connectivity index (χ3v) is 28.7. The Morgan fingerprint density at radius 2 is 0.541 bits per heavy atom. The van der Waals surface area contributed by atoms with Crippen LogP contribution in [0, 0.1) is 77.8 Å². The lowest BCUT2D eigenvalue weighted by Crippen LogP contribution is -2.36. The number of fused-ring (bicyclic) bond motifs is 5. The third-order valence-electron chi connectivity index (χ3n) is 28.7. The molecule has 10 unspecified atom stereocenters. The number of hydrogen-bond acceptors (Lipinski definition) is 26. The van der Waals surface area contributed by atoms with Crippen molar-refractivity contribution in [2.75, 3.05) is 53.9 Å². The van der Waals surface area contributed by atoms with E-state index < -0.39 is 86.6 Å². The zero-order valence-corrected chi connectivity index (χ0v) is 99.1. The summed E-state index contributed by atoms with van der Waals surface area (Å²) in [6.45, 7) is 78.1. The number of carbonyl (C=O) groups excluding carboxylic acids is 10. The van der Waals surface area contributed by atoms with E-state index in [4.69, 9.17) is 53.2 Å². The van der Waals surface area contributed by atoms with E-state index in [9.17, 15) is 77.6 Å². The molecule has 2 bridgehead atoms. The maximum atomic E-state index is 12.2. The van der Waals surface area contributed by atoms with Gasteiger partial charge in [-0.15, -0.1) is 0 Å². The number of esters is 10. The van der Waals surface area contributed by atoms with Gasteiger partial charge in [-0.2, -0.15) is 0 Å². The second-order valence-corrected chi connectivity index (χ2v) is 45.4. The summed E-state index contributed by atoms with van der Waals surface area (Å²) in [5.74, 6) is -0.459. The fourth-order valence-corrected chi connectivity index (χ4v) is 12.1. The van der Waals surface area contributed by atoms with E-state index in [2.05, 4.69) is 124 Å². The maximum absolute atomic E-state index is 12.2. The second-order valence-electron chi connectivity index (χ2n) is 45.4. The number of aliphatic hydroxyl groups excluding tert-OH is 3. The molecular weight excluding hydrogens is 1890 g/mol. The van der Waals surface area contributed by atoms with Crippen LogP contribution in [0.5, 0.6) is 0 Å². The highest BCUT2D eigenvalue weighted by Crippen LogP contribution is 2.60. The SMILES string of the molecule is C=C(C)C(=O)OCC(O)COC(=O)C(C)(C)CC.C=C(C)C(=O)OCC(O)COC(=O)C(C)(C)CC.C=C(C)C(=O)OCC(O)COC(=O)C(C)(C)CC.CCC(C)(C)C(=O)O.CCC(C)(C)C(=O)O.CCC(C)(C)C(=O)O.CCC(C)(C)C(=O)OC.CCC(C)(C)C(=O)OC.CCC(C)(C)C(=O)OC1CC2CC1C1CCCC21.CCC(C)(C)C(=O)OC1CCCCC1.CCC(C)c1ccccc1.CCC(C)c1ccccc1. The van der Waals surface area contributed by atoms with Gasteiger partial charge in [0.05, 0.1) is 68.4 Å². The van der Waals surface area contributed by atoms with Crippen LogP contribution in [0.15, 0.2) is 97.1 Å². The Bertz CT molecular complexity index is 3910. The molecule has 4 aliphatic carbocycles. The number of carboxylic acid groups (broad SMARTS) is 3. The molecule has 10 atom stereocenters. The number of rotatable bonds is 41. The van der Waals surface area contributed by atoms with Crippen molar-refractivity contribution in [1.29, 1.82) is 0 Å². The molecule has 2 aromatic rings. The molecule has 0 aliphatic heterocycles. The van der Waals surface area contributed by atoms with Gasteiger partial charge in [0.2, 0.25) is 0 Å². The van der Waals surface area contributed by atoms with E-state index in [0.29, 0.717) is 56.3 Å². The average Bonchev–Trinajstić information content (AvgIpc) is 1.59. The van der Waals surface area contributed by atoms with E-state index in [-0.39, 0.29) is 132 Å². The van der Waals surface area contributed by atoms with Crippen molar-refractivity contribution in [2.45, 2.75) is 440 Å². The molecule has 0 saturated heterocycles. The fraction of sp³-hybridized carbons (Fsp3) is 0.739. The molecule has 6 N–H and O–H groups in total. The van der Waals surface area contributed by atoms with Crippen LogP contribution in [0.1, 0.15) is 420 Å². The minimum absolute atomic E-state index is 0.0214. The van der Waals surface area contributed by atoms with E-state index >= 15 is 0 Å². The maximum Gasteiger partial charge on any atom is 0.333 e. The first-order chi connectivity index (χ1) is 68.0. The van der Waals surface area contributed by atoms with Gasteiger partial charge in [0.15, 0.2) is 0 Å². The Morgan fingerprint density at radius 1 is 0.304 bits per heavy atom. The Hall–Kier alpha value is -9.35. The van der Waals surface area contributed by atoms with Crippen molar-refractivity contribution in [3.63, 3.8) is 0 Å². The summed E-state index contributed by atoms with van der Waals surface area (Å²) < 4.78 is 49.6. The predicted molar refractivity (Wildman–Crippen MR) is 586 cm³/mol. The standard InChI is InChI=1S/C16H26O2.3C13H22O5.C12H22O2.2C10H14.2C7H14O2.3C6H12O2/c1-4-16(2,3)15(17)18-14-9-10-8-13(14)12-7-5-6-11(10)12;3*1-6-13(4,5)12(16)18-8-10(14)7-17-11(15)9(2)3;1-4-12(2,3)11(13)14-10-8-6-5-7-9-10;2*1-3-9(2)10-7-5-4-6-8-10;2*1-5-7(2,3)6(8)9-4;3*1-4-6(2,3)5(7)8/h10-14H,4-9H2,1-3H3;3*10,14H,2,6-8H2,1,3-5H3;10H,4-9H2,1-3H3;2*4-9H,3H2,1-2H3;2*5H2,1-4H3;3*4H2,1-3H3,(H,7,8). The quantitative estimate of drug-likeness (QED) is 0.0204. The van der Waals surface area contributed by atoms with Crippen molar-refractivity contribution >= 4 is 77.6 Å². The molecule has 6 rings (SSSR count). The van der Waals surface area contributed by atoms with Crippen LogP contribution in [0.2, 0.25) is 0 Å². The summed E-state index contributed by atoms with van der Waals surface area (Å²) in [7, 11) is 2.83. The van der Waals surface area contributed by atoms with Crippen LogP contribution < -0.4 is 0 Å². The molecule has 2 aromatic carbocycles. The van der Waals surface area contributed by atoms with Crippen molar-refractivity contribution in [1.82, 2.24) is 0 Å². The molecule has 4 saturated carbocycles. The van der Waals surface area contributed by atoms with Gasteiger partial charge in [-0.25, -0.2) is 14.4 Å². The van der Waals surface area contributed by atoms with Gasteiger partial charge in [0.1, 0.15) is 70.2 Å². The van der Waals surface area contributed by atoms with Gasteiger partial charge in [-0.1, -0.05) is 190 Å². The first kappa shape index (κ1) is 149.